The number of para-hydroxylation sites is 2. The Hall–Kier alpha value is -1.83. The molecule has 110 valence electrons. The second-order valence-corrected chi connectivity index (χ2v) is 4.16. The smallest absolute Gasteiger partial charge is 0.387 e. The van der Waals surface area contributed by atoms with Crippen LogP contribution in [0.5, 0.6) is 5.75 Å². The Labute approximate surface area is 120 Å². The monoisotopic (exact) mass is 304 g/mol. The first-order chi connectivity index (χ1) is 9.43. The lowest BCUT2D eigenvalue weighted by atomic mass is 10.2. The summed E-state index contributed by atoms with van der Waals surface area (Å²) in [6, 6.07) is 4.91. The van der Waals surface area contributed by atoms with Crippen molar-refractivity contribution in [3.05, 3.63) is 24.3 Å². The molecule has 0 aliphatic carbocycles. The largest absolute Gasteiger partial charge is 0.433 e. The predicted molar refractivity (Wildman–Crippen MR) is 73.2 cm³/mol. The van der Waals surface area contributed by atoms with Crippen LogP contribution >= 0.6 is 12.6 Å². The molecule has 1 unspecified atom stereocenters. The number of amides is 2. The number of hydrogen-bond acceptors (Lipinski definition) is 4. The third kappa shape index (κ3) is 5.04. The van der Waals surface area contributed by atoms with Gasteiger partial charge < -0.3 is 15.4 Å². The van der Waals surface area contributed by atoms with E-state index >= 15 is 0 Å². The van der Waals surface area contributed by atoms with Crippen LogP contribution in [0.15, 0.2) is 24.3 Å². The van der Waals surface area contributed by atoms with Gasteiger partial charge in [-0.25, -0.2) is 0 Å². The summed E-state index contributed by atoms with van der Waals surface area (Å²) in [6.07, 6.45) is 0. The SMILES string of the molecule is CC(=O)NC(CS)C(=O)Nc1ccccc1OC(F)F. The normalized spacial score (nSPS) is 11.8. The number of nitrogens with one attached hydrogen (secondary N) is 2. The zero-order chi connectivity index (χ0) is 15.1. The van der Waals surface area contributed by atoms with Crippen LogP contribution in [0.25, 0.3) is 0 Å². The van der Waals surface area contributed by atoms with Crippen molar-refractivity contribution in [3.63, 3.8) is 0 Å². The molecule has 0 radical (unpaired) electrons. The van der Waals surface area contributed by atoms with E-state index in [-0.39, 0.29) is 17.2 Å². The highest BCUT2D eigenvalue weighted by Crippen LogP contribution is 2.25. The maximum absolute atomic E-state index is 12.2. The molecule has 0 aliphatic rings. The van der Waals surface area contributed by atoms with Crippen molar-refractivity contribution in [1.29, 1.82) is 0 Å². The average molecular weight is 304 g/mol. The fraction of sp³-hybridized carbons (Fsp3) is 0.333. The van der Waals surface area contributed by atoms with E-state index in [9.17, 15) is 18.4 Å². The summed E-state index contributed by atoms with van der Waals surface area (Å²) >= 11 is 3.95. The lowest BCUT2D eigenvalue weighted by Crippen LogP contribution is -2.44. The van der Waals surface area contributed by atoms with Crippen molar-refractivity contribution in [2.24, 2.45) is 0 Å². The lowest BCUT2D eigenvalue weighted by molar-refractivity contribution is -0.124. The summed E-state index contributed by atoms with van der Waals surface area (Å²) in [5.74, 6) is -1.04. The van der Waals surface area contributed by atoms with Gasteiger partial charge in [0.15, 0.2) is 0 Å². The van der Waals surface area contributed by atoms with Crippen LogP contribution in [0, 0.1) is 0 Å². The Morgan fingerprint density at radius 3 is 2.55 bits per heavy atom. The van der Waals surface area contributed by atoms with Gasteiger partial charge in [0.2, 0.25) is 11.8 Å². The van der Waals surface area contributed by atoms with Crippen LogP contribution in [-0.2, 0) is 9.59 Å². The minimum Gasteiger partial charge on any atom is -0.433 e. The predicted octanol–water partition coefficient (Wildman–Crippen LogP) is 1.66. The van der Waals surface area contributed by atoms with E-state index in [0.717, 1.165) is 0 Å². The second kappa shape index (κ2) is 7.68. The molecule has 1 aromatic rings. The molecule has 0 saturated heterocycles. The molecule has 8 heteroatoms. The zero-order valence-electron chi connectivity index (χ0n) is 10.6. The lowest BCUT2D eigenvalue weighted by Gasteiger charge is -2.17. The average Bonchev–Trinajstić information content (AvgIpc) is 2.37. The molecule has 2 N–H and O–H groups in total. The van der Waals surface area contributed by atoms with Gasteiger partial charge in [0.25, 0.3) is 0 Å². The molecule has 5 nitrogen and oxygen atoms in total. The molecule has 0 aromatic heterocycles. The van der Waals surface area contributed by atoms with Gasteiger partial charge in [-0.15, -0.1) is 0 Å². The van der Waals surface area contributed by atoms with Gasteiger partial charge in [0.05, 0.1) is 5.69 Å². The number of rotatable bonds is 6. The Balaban J connectivity index is 2.81. The van der Waals surface area contributed by atoms with Crippen molar-refractivity contribution in [1.82, 2.24) is 5.32 Å². The van der Waals surface area contributed by atoms with Gasteiger partial charge in [0.1, 0.15) is 11.8 Å². The second-order valence-electron chi connectivity index (χ2n) is 3.80. The van der Waals surface area contributed by atoms with Crippen molar-refractivity contribution < 1.29 is 23.1 Å². The van der Waals surface area contributed by atoms with Crippen molar-refractivity contribution in [2.45, 2.75) is 19.6 Å². The minimum atomic E-state index is -3.00. The van der Waals surface area contributed by atoms with Gasteiger partial charge in [-0.2, -0.15) is 21.4 Å². The number of anilines is 1. The van der Waals surface area contributed by atoms with Gasteiger partial charge in [-0.05, 0) is 12.1 Å². The van der Waals surface area contributed by atoms with E-state index in [1.54, 1.807) is 6.07 Å². The topological polar surface area (TPSA) is 67.4 Å². The van der Waals surface area contributed by atoms with Crippen molar-refractivity contribution >= 4 is 30.1 Å². The van der Waals surface area contributed by atoms with E-state index in [1.165, 1.54) is 25.1 Å². The van der Waals surface area contributed by atoms with Crippen molar-refractivity contribution in [3.8, 4) is 5.75 Å². The number of carbonyl (C=O) groups excluding carboxylic acids is 2. The molecule has 0 spiro atoms. The highest BCUT2D eigenvalue weighted by molar-refractivity contribution is 7.80. The molecular weight excluding hydrogens is 290 g/mol. The fourth-order valence-corrected chi connectivity index (χ4v) is 1.69. The molecule has 0 bridgehead atoms. The molecule has 0 aliphatic heterocycles. The van der Waals surface area contributed by atoms with Crippen LogP contribution in [0.1, 0.15) is 6.92 Å². The molecule has 20 heavy (non-hydrogen) atoms. The molecule has 0 heterocycles. The molecule has 1 aromatic carbocycles. The summed E-state index contributed by atoms with van der Waals surface area (Å²) < 4.78 is 28.7. The first-order valence-electron chi connectivity index (χ1n) is 5.66. The Kier molecular flexibility index (Phi) is 6.23. The third-order valence-electron chi connectivity index (χ3n) is 2.24. The fourth-order valence-electron chi connectivity index (χ4n) is 1.43. The molecular formula is C12H14F2N2O3S. The van der Waals surface area contributed by atoms with Crippen LogP contribution in [0.2, 0.25) is 0 Å². The third-order valence-corrected chi connectivity index (χ3v) is 2.60. The molecule has 2 amide bonds. The summed E-state index contributed by atoms with van der Waals surface area (Å²) in [5.41, 5.74) is 0.0925. The maximum atomic E-state index is 12.2. The van der Waals surface area contributed by atoms with E-state index in [4.69, 9.17) is 0 Å². The number of carbonyl (C=O) groups is 2. The van der Waals surface area contributed by atoms with E-state index < -0.39 is 24.5 Å². The number of benzene rings is 1. The van der Waals surface area contributed by atoms with E-state index in [1.807, 2.05) is 0 Å². The number of alkyl halides is 2. The summed E-state index contributed by atoms with van der Waals surface area (Å²) in [6.45, 7) is -1.73. The summed E-state index contributed by atoms with van der Waals surface area (Å²) in [4.78, 5) is 22.8. The first-order valence-corrected chi connectivity index (χ1v) is 6.30. The highest BCUT2D eigenvalue weighted by atomic mass is 32.1. The minimum absolute atomic E-state index is 0.0727. The zero-order valence-corrected chi connectivity index (χ0v) is 11.5. The number of halogens is 2. The summed E-state index contributed by atoms with van der Waals surface area (Å²) in [5, 5.41) is 4.80. The molecule has 1 rings (SSSR count). The Morgan fingerprint density at radius 2 is 2.00 bits per heavy atom. The Bertz CT molecular complexity index is 486. The first kappa shape index (κ1) is 16.2. The van der Waals surface area contributed by atoms with Crippen molar-refractivity contribution in [2.75, 3.05) is 11.1 Å². The van der Waals surface area contributed by atoms with E-state index in [0.29, 0.717) is 0 Å². The number of hydrogen-bond donors (Lipinski definition) is 3. The van der Waals surface area contributed by atoms with Gasteiger partial charge in [-0.3, -0.25) is 9.59 Å². The number of thiol groups is 1. The van der Waals surface area contributed by atoms with E-state index in [2.05, 4.69) is 28.0 Å². The van der Waals surface area contributed by atoms with Gasteiger partial charge in [-0.1, -0.05) is 12.1 Å². The molecule has 1 atom stereocenters. The maximum Gasteiger partial charge on any atom is 0.387 e. The van der Waals surface area contributed by atoms with Crippen LogP contribution in [0.3, 0.4) is 0 Å². The van der Waals surface area contributed by atoms with Crippen LogP contribution in [0.4, 0.5) is 14.5 Å². The Morgan fingerprint density at radius 1 is 1.35 bits per heavy atom. The molecule has 0 fully saturated rings. The summed E-state index contributed by atoms with van der Waals surface area (Å²) in [7, 11) is 0. The van der Waals surface area contributed by atoms with Crippen LogP contribution in [-0.4, -0.2) is 30.2 Å². The quantitative estimate of drug-likeness (QED) is 0.700. The standard InChI is InChI=1S/C12H14F2N2O3S/c1-7(17)15-9(6-20)11(18)16-8-4-2-3-5-10(8)19-12(13)14/h2-5,9,12,20H,6H2,1H3,(H,15,17)(H,16,18). The highest BCUT2D eigenvalue weighted by Gasteiger charge is 2.19. The van der Waals surface area contributed by atoms with Gasteiger partial charge in [0, 0.05) is 12.7 Å². The number of ether oxygens (including phenoxy) is 1. The van der Waals surface area contributed by atoms with Gasteiger partial charge >= 0.3 is 6.61 Å². The van der Waals surface area contributed by atoms with Crippen LogP contribution < -0.4 is 15.4 Å². The molecule has 0 saturated carbocycles.